The molecule has 1 nitrogen and oxygen atoms in total. The minimum absolute atomic E-state index is 0.0506. The van der Waals surface area contributed by atoms with Gasteiger partial charge >= 0.3 is 6.18 Å². The number of halogens is 3. The third-order valence-electron chi connectivity index (χ3n) is 4.13. The minimum atomic E-state index is -4.28. The zero-order chi connectivity index (χ0) is 13.9. The highest BCUT2D eigenvalue weighted by molar-refractivity contribution is 5.33. The van der Waals surface area contributed by atoms with Crippen LogP contribution in [0.2, 0.25) is 0 Å². The maximum Gasteiger partial charge on any atom is 0.416 e. The normalized spacial score (nSPS) is 25.1. The molecular weight excluding hydrogens is 251 g/mol. The molecule has 19 heavy (non-hydrogen) atoms. The van der Waals surface area contributed by atoms with Crippen LogP contribution in [0.25, 0.3) is 0 Å². The van der Waals surface area contributed by atoms with E-state index >= 15 is 0 Å². The molecule has 4 heteroatoms. The molecule has 1 aliphatic carbocycles. The van der Waals surface area contributed by atoms with E-state index in [9.17, 15) is 13.2 Å². The Morgan fingerprint density at radius 2 is 1.74 bits per heavy atom. The van der Waals surface area contributed by atoms with Crippen LogP contribution in [-0.4, -0.2) is 6.54 Å². The van der Waals surface area contributed by atoms with Crippen molar-refractivity contribution >= 4 is 0 Å². The molecule has 1 aromatic carbocycles. The van der Waals surface area contributed by atoms with E-state index in [-0.39, 0.29) is 11.8 Å². The molecule has 106 valence electrons. The van der Waals surface area contributed by atoms with Crippen molar-refractivity contribution in [2.24, 2.45) is 11.7 Å². The second-order valence-electron chi connectivity index (χ2n) is 5.33. The molecular formula is C15H20F3N. The Bertz CT molecular complexity index is 414. The summed E-state index contributed by atoms with van der Waals surface area (Å²) in [6.07, 6.45) is 0.644. The topological polar surface area (TPSA) is 26.0 Å². The summed E-state index contributed by atoms with van der Waals surface area (Å²) in [6.45, 7) is 0.469. The second-order valence-corrected chi connectivity index (χ2v) is 5.33. The number of benzene rings is 1. The zero-order valence-electron chi connectivity index (χ0n) is 10.9. The number of hydrogen-bond donors (Lipinski definition) is 1. The lowest BCUT2D eigenvalue weighted by atomic mass is 9.80. The minimum Gasteiger partial charge on any atom is -0.330 e. The van der Waals surface area contributed by atoms with E-state index in [0.29, 0.717) is 12.1 Å². The summed E-state index contributed by atoms with van der Waals surface area (Å²) in [5.74, 6) is 0.122. The van der Waals surface area contributed by atoms with E-state index in [0.717, 1.165) is 32.1 Å². The van der Waals surface area contributed by atoms with Crippen LogP contribution in [0, 0.1) is 5.92 Å². The Morgan fingerprint density at radius 1 is 1.05 bits per heavy atom. The smallest absolute Gasteiger partial charge is 0.330 e. The number of alkyl halides is 3. The van der Waals surface area contributed by atoms with Crippen molar-refractivity contribution in [2.75, 3.05) is 6.54 Å². The van der Waals surface area contributed by atoms with Crippen LogP contribution in [0.3, 0.4) is 0 Å². The van der Waals surface area contributed by atoms with Gasteiger partial charge in [-0.3, -0.25) is 0 Å². The summed E-state index contributed by atoms with van der Waals surface area (Å²) in [6, 6.07) is 5.97. The first kappa shape index (κ1) is 14.4. The fourth-order valence-electron chi connectivity index (χ4n) is 3.15. The third kappa shape index (κ3) is 3.30. The van der Waals surface area contributed by atoms with Gasteiger partial charge in [-0.25, -0.2) is 0 Å². The number of nitrogens with two attached hydrogens (primary N) is 1. The highest BCUT2D eigenvalue weighted by Crippen LogP contribution is 2.42. The monoisotopic (exact) mass is 271 g/mol. The van der Waals surface area contributed by atoms with Crippen molar-refractivity contribution in [3.05, 3.63) is 35.4 Å². The van der Waals surface area contributed by atoms with Crippen molar-refractivity contribution < 1.29 is 13.2 Å². The summed E-state index contributed by atoms with van der Waals surface area (Å²) in [4.78, 5) is 0. The zero-order valence-corrected chi connectivity index (χ0v) is 10.9. The van der Waals surface area contributed by atoms with Crippen LogP contribution >= 0.6 is 0 Å². The first-order valence-electron chi connectivity index (χ1n) is 6.90. The van der Waals surface area contributed by atoms with Gasteiger partial charge in [0.1, 0.15) is 0 Å². The van der Waals surface area contributed by atoms with Gasteiger partial charge in [0.25, 0.3) is 0 Å². The average molecular weight is 271 g/mol. The Kier molecular flexibility index (Phi) is 4.50. The van der Waals surface area contributed by atoms with Gasteiger partial charge in [-0.05, 0) is 42.9 Å². The molecule has 1 saturated carbocycles. The lowest BCUT2D eigenvalue weighted by Gasteiger charge is -2.27. The van der Waals surface area contributed by atoms with E-state index in [1.54, 1.807) is 12.1 Å². The number of hydrogen-bond acceptors (Lipinski definition) is 1. The largest absolute Gasteiger partial charge is 0.416 e. The molecule has 2 rings (SSSR count). The van der Waals surface area contributed by atoms with Gasteiger partial charge in [0.15, 0.2) is 0 Å². The van der Waals surface area contributed by atoms with Gasteiger partial charge in [0, 0.05) is 0 Å². The van der Waals surface area contributed by atoms with Gasteiger partial charge in [0.2, 0.25) is 0 Å². The van der Waals surface area contributed by atoms with Crippen LogP contribution < -0.4 is 5.73 Å². The molecule has 1 fully saturated rings. The van der Waals surface area contributed by atoms with Crippen molar-refractivity contribution in [3.8, 4) is 0 Å². The lowest BCUT2D eigenvalue weighted by Crippen LogP contribution is -2.23. The van der Waals surface area contributed by atoms with E-state index in [2.05, 4.69) is 0 Å². The molecule has 0 aliphatic heterocycles. The molecule has 1 aromatic rings. The highest BCUT2D eigenvalue weighted by atomic mass is 19.4. The highest BCUT2D eigenvalue weighted by Gasteiger charge is 2.36. The van der Waals surface area contributed by atoms with E-state index in [4.69, 9.17) is 5.73 Å². The molecule has 2 unspecified atom stereocenters. The summed E-state index contributed by atoms with van der Waals surface area (Å²) in [5, 5.41) is 0. The number of rotatable bonds is 2. The summed E-state index contributed by atoms with van der Waals surface area (Å²) in [7, 11) is 0. The first-order chi connectivity index (χ1) is 9.04. The molecule has 0 aromatic heterocycles. The molecule has 0 saturated heterocycles. The van der Waals surface area contributed by atoms with Gasteiger partial charge in [0.05, 0.1) is 5.56 Å². The quantitative estimate of drug-likeness (QED) is 0.796. The molecule has 0 spiro atoms. The maximum atomic E-state index is 13.1. The maximum absolute atomic E-state index is 13.1. The third-order valence-corrected chi connectivity index (χ3v) is 4.13. The van der Waals surface area contributed by atoms with Gasteiger partial charge in [-0.1, -0.05) is 37.5 Å². The van der Waals surface area contributed by atoms with Crippen molar-refractivity contribution in [3.63, 3.8) is 0 Å². The van der Waals surface area contributed by atoms with Crippen LogP contribution in [0.5, 0.6) is 0 Å². The molecule has 0 radical (unpaired) electrons. The fourth-order valence-corrected chi connectivity index (χ4v) is 3.15. The van der Waals surface area contributed by atoms with E-state index in [1.165, 1.54) is 12.1 Å². The Balaban J connectivity index is 2.38. The summed E-state index contributed by atoms with van der Waals surface area (Å²) < 4.78 is 39.3. The van der Waals surface area contributed by atoms with Crippen LogP contribution in [-0.2, 0) is 6.18 Å². The SMILES string of the molecule is NCC1CCCCCC1c1ccccc1C(F)(F)F. The lowest BCUT2D eigenvalue weighted by molar-refractivity contribution is -0.138. The summed E-state index contributed by atoms with van der Waals surface area (Å²) in [5.41, 5.74) is 5.73. The van der Waals surface area contributed by atoms with E-state index < -0.39 is 11.7 Å². The molecule has 2 N–H and O–H groups in total. The molecule has 2 atom stereocenters. The summed E-state index contributed by atoms with van der Waals surface area (Å²) >= 11 is 0. The van der Waals surface area contributed by atoms with E-state index in [1.807, 2.05) is 0 Å². The predicted molar refractivity (Wildman–Crippen MR) is 69.8 cm³/mol. The van der Waals surface area contributed by atoms with Gasteiger partial charge in [-0.2, -0.15) is 13.2 Å². The van der Waals surface area contributed by atoms with Crippen LogP contribution in [0.4, 0.5) is 13.2 Å². The van der Waals surface area contributed by atoms with Crippen LogP contribution in [0.1, 0.15) is 49.1 Å². The molecule has 0 heterocycles. The Labute approximate surface area is 112 Å². The predicted octanol–water partition coefficient (Wildman–Crippen LogP) is 4.33. The standard InChI is InChI=1S/C15H20F3N/c16-15(17,18)14-9-5-4-8-13(14)12-7-3-1-2-6-11(12)10-19/h4-5,8-9,11-12H,1-3,6-7,10,19H2. The molecule has 0 bridgehead atoms. The first-order valence-corrected chi connectivity index (χ1v) is 6.90. The van der Waals surface area contributed by atoms with Crippen molar-refractivity contribution in [1.82, 2.24) is 0 Å². The van der Waals surface area contributed by atoms with Crippen LogP contribution in [0.15, 0.2) is 24.3 Å². The average Bonchev–Trinajstić information content (AvgIpc) is 2.62. The van der Waals surface area contributed by atoms with Gasteiger partial charge in [-0.15, -0.1) is 0 Å². The Hall–Kier alpha value is -1.03. The van der Waals surface area contributed by atoms with Crippen molar-refractivity contribution in [2.45, 2.75) is 44.2 Å². The second kappa shape index (κ2) is 5.95. The fraction of sp³-hybridized carbons (Fsp3) is 0.600. The van der Waals surface area contributed by atoms with Crippen molar-refractivity contribution in [1.29, 1.82) is 0 Å². The van der Waals surface area contributed by atoms with Gasteiger partial charge < -0.3 is 5.73 Å². The molecule has 1 aliphatic rings. The molecule has 0 amide bonds. The Morgan fingerprint density at radius 3 is 2.42 bits per heavy atom.